The van der Waals surface area contributed by atoms with Crippen LogP contribution < -0.4 is 0 Å². The Kier molecular flexibility index (Phi) is 5.52. The van der Waals surface area contributed by atoms with E-state index in [-0.39, 0.29) is 12.6 Å². The van der Waals surface area contributed by atoms with E-state index in [1.54, 1.807) is 6.92 Å². The van der Waals surface area contributed by atoms with Crippen LogP contribution in [0.3, 0.4) is 0 Å². The van der Waals surface area contributed by atoms with Crippen LogP contribution in [0.5, 0.6) is 0 Å². The summed E-state index contributed by atoms with van der Waals surface area (Å²) < 4.78 is 10.9. The third kappa shape index (κ3) is 4.79. The van der Waals surface area contributed by atoms with Gasteiger partial charge in [0.25, 0.3) is 0 Å². The molecule has 0 N–H and O–H groups in total. The highest BCUT2D eigenvalue weighted by Crippen LogP contribution is 2.20. The maximum atomic E-state index is 11.0. The number of hydrogen-bond donors (Lipinski definition) is 0. The molecular weight excluding hydrogens is 248 g/mol. The van der Waals surface area contributed by atoms with Crippen LogP contribution in [0.1, 0.15) is 12.5 Å². The molecule has 0 aliphatic heterocycles. The van der Waals surface area contributed by atoms with Crippen LogP contribution in [0.4, 0.5) is 0 Å². The molecule has 1 aromatic heterocycles. The Morgan fingerprint density at radius 1 is 1.56 bits per heavy atom. The Balaban J connectivity index is 2.08. The molecule has 0 fully saturated rings. The topological polar surface area (TPSA) is 35.5 Å². The fourth-order valence-corrected chi connectivity index (χ4v) is 1.82. The molecule has 0 unspecified atom stereocenters. The lowest BCUT2D eigenvalue weighted by atomic mass is 10.4. The van der Waals surface area contributed by atoms with Gasteiger partial charge in [0.2, 0.25) is 0 Å². The van der Waals surface area contributed by atoms with Crippen LogP contribution in [0.25, 0.3) is 0 Å². The van der Waals surface area contributed by atoms with Gasteiger partial charge in [-0.05, 0) is 23.9 Å². The first kappa shape index (κ1) is 13.2. The van der Waals surface area contributed by atoms with Gasteiger partial charge in [-0.25, -0.2) is 4.79 Å². The van der Waals surface area contributed by atoms with E-state index in [2.05, 4.69) is 6.58 Å². The minimum Gasteiger partial charge on any atom is -0.460 e. The molecular formula is C11H13ClO3S. The second-order valence-electron chi connectivity index (χ2n) is 3.23. The highest BCUT2D eigenvalue weighted by Gasteiger charge is 2.02. The van der Waals surface area contributed by atoms with Gasteiger partial charge in [0.1, 0.15) is 6.61 Å². The average Bonchev–Trinajstić information content (AvgIpc) is 2.63. The van der Waals surface area contributed by atoms with E-state index < -0.39 is 0 Å². The Morgan fingerprint density at radius 3 is 2.88 bits per heavy atom. The van der Waals surface area contributed by atoms with Gasteiger partial charge in [-0.15, -0.1) is 11.3 Å². The first-order valence-electron chi connectivity index (χ1n) is 4.73. The van der Waals surface area contributed by atoms with Gasteiger partial charge >= 0.3 is 5.97 Å². The van der Waals surface area contributed by atoms with Crippen molar-refractivity contribution >= 4 is 28.9 Å². The lowest BCUT2D eigenvalue weighted by molar-refractivity contribution is -0.140. The van der Waals surface area contributed by atoms with Crippen LogP contribution in [-0.4, -0.2) is 19.2 Å². The first-order chi connectivity index (χ1) is 7.59. The third-order valence-corrected chi connectivity index (χ3v) is 2.84. The highest BCUT2D eigenvalue weighted by atomic mass is 35.5. The Labute approximate surface area is 104 Å². The van der Waals surface area contributed by atoms with Crippen molar-refractivity contribution in [2.75, 3.05) is 13.2 Å². The van der Waals surface area contributed by atoms with Crippen LogP contribution in [0, 0.1) is 0 Å². The van der Waals surface area contributed by atoms with Crippen molar-refractivity contribution in [1.82, 2.24) is 0 Å². The molecule has 0 saturated carbocycles. The molecule has 1 heterocycles. The van der Waals surface area contributed by atoms with Crippen LogP contribution in [0.15, 0.2) is 23.6 Å². The fraction of sp³-hybridized carbons (Fsp3) is 0.364. The lowest BCUT2D eigenvalue weighted by Crippen LogP contribution is -2.10. The molecule has 0 amide bonds. The van der Waals surface area contributed by atoms with Crippen molar-refractivity contribution in [1.29, 1.82) is 0 Å². The zero-order chi connectivity index (χ0) is 12.0. The van der Waals surface area contributed by atoms with E-state index in [0.29, 0.717) is 18.8 Å². The molecule has 0 aromatic carbocycles. The maximum Gasteiger partial charge on any atom is 0.333 e. The second kappa shape index (κ2) is 6.68. The molecule has 88 valence electrons. The van der Waals surface area contributed by atoms with E-state index in [1.165, 1.54) is 11.3 Å². The Hall–Kier alpha value is -0.840. The number of halogens is 1. The van der Waals surface area contributed by atoms with Crippen molar-refractivity contribution < 1.29 is 14.3 Å². The summed E-state index contributed by atoms with van der Waals surface area (Å²) in [6.45, 7) is 6.17. The molecule has 0 spiro atoms. The molecule has 16 heavy (non-hydrogen) atoms. The molecule has 1 aromatic rings. The monoisotopic (exact) mass is 260 g/mol. The van der Waals surface area contributed by atoms with Crippen molar-refractivity contribution in [2.45, 2.75) is 13.5 Å². The predicted molar refractivity (Wildman–Crippen MR) is 64.8 cm³/mol. The second-order valence-corrected chi connectivity index (χ2v) is 4.77. The molecule has 0 aliphatic rings. The van der Waals surface area contributed by atoms with Crippen LogP contribution >= 0.6 is 22.9 Å². The van der Waals surface area contributed by atoms with Gasteiger partial charge < -0.3 is 9.47 Å². The van der Waals surface area contributed by atoms with Gasteiger partial charge in [-0.3, -0.25) is 0 Å². The molecule has 0 bridgehead atoms. The normalized spacial score (nSPS) is 10.1. The summed E-state index contributed by atoms with van der Waals surface area (Å²) in [6.07, 6.45) is 0. The minimum absolute atomic E-state index is 0.240. The Bertz CT molecular complexity index is 373. The summed E-state index contributed by atoms with van der Waals surface area (Å²) >= 11 is 7.23. The number of thiophene rings is 1. The molecule has 0 radical (unpaired) electrons. The minimum atomic E-state index is -0.387. The van der Waals surface area contributed by atoms with E-state index in [1.807, 2.05) is 11.4 Å². The lowest BCUT2D eigenvalue weighted by Gasteiger charge is -2.04. The molecule has 0 saturated heterocycles. The molecule has 3 nitrogen and oxygen atoms in total. The number of esters is 1. The zero-order valence-corrected chi connectivity index (χ0v) is 10.6. The quantitative estimate of drug-likeness (QED) is 0.448. The van der Waals surface area contributed by atoms with Crippen LogP contribution in [-0.2, 0) is 20.9 Å². The number of hydrogen-bond acceptors (Lipinski definition) is 4. The zero-order valence-electron chi connectivity index (χ0n) is 8.99. The SMILES string of the molecule is C=C(C)C(=O)OCCOCc1csc(Cl)c1. The number of carbonyl (C=O) groups excluding carboxylic acids is 1. The molecule has 0 aliphatic carbocycles. The largest absolute Gasteiger partial charge is 0.460 e. The first-order valence-corrected chi connectivity index (χ1v) is 5.98. The van der Waals surface area contributed by atoms with Crippen molar-refractivity contribution in [3.63, 3.8) is 0 Å². The van der Waals surface area contributed by atoms with Gasteiger partial charge in [0.05, 0.1) is 17.6 Å². The fourth-order valence-electron chi connectivity index (χ4n) is 0.928. The van der Waals surface area contributed by atoms with Crippen molar-refractivity contribution in [3.05, 3.63) is 33.5 Å². The molecule has 0 atom stereocenters. The third-order valence-electron chi connectivity index (χ3n) is 1.70. The van der Waals surface area contributed by atoms with E-state index in [0.717, 1.165) is 9.90 Å². The highest BCUT2D eigenvalue weighted by molar-refractivity contribution is 7.14. The number of rotatable bonds is 6. The summed E-state index contributed by atoms with van der Waals surface area (Å²) in [7, 11) is 0. The van der Waals surface area contributed by atoms with E-state index in [9.17, 15) is 4.79 Å². The average molecular weight is 261 g/mol. The van der Waals surface area contributed by atoms with Gasteiger partial charge in [-0.2, -0.15) is 0 Å². The maximum absolute atomic E-state index is 11.0. The number of carbonyl (C=O) groups is 1. The number of ether oxygens (including phenoxy) is 2. The van der Waals surface area contributed by atoms with Crippen molar-refractivity contribution in [3.8, 4) is 0 Å². The van der Waals surface area contributed by atoms with Crippen LogP contribution in [0.2, 0.25) is 4.34 Å². The summed E-state index contributed by atoms with van der Waals surface area (Å²) in [6, 6.07) is 1.85. The summed E-state index contributed by atoms with van der Waals surface area (Å²) in [5, 5.41) is 1.93. The smallest absolute Gasteiger partial charge is 0.333 e. The van der Waals surface area contributed by atoms with Crippen molar-refractivity contribution in [2.24, 2.45) is 0 Å². The summed E-state index contributed by atoms with van der Waals surface area (Å²) in [5.41, 5.74) is 1.42. The van der Waals surface area contributed by atoms with E-state index in [4.69, 9.17) is 21.1 Å². The van der Waals surface area contributed by atoms with E-state index >= 15 is 0 Å². The van der Waals surface area contributed by atoms with Gasteiger partial charge in [-0.1, -0.05) is 18.2 Å². The summed E-state index contributed by atoms with van der Waals surface area (Å²) in [5.74, 6) is -0.387. The summed E-state index contributed by atoms with van der Waals surface area (Å²) in [4.78, 5) is 11.0. The standard InChI is InChI=1S/C11H13ClO3S/c1-8(2)11(13)15-4-3-14-6-9-5-10(12)16-7-9/h5,7H,1,3-4,6H2,2H3. The molecule has 5 heteroatoms. The predicted octanol–water partition coefficient (Wildman–Crippen LogP) is 3.04. The van der Waals surface area contributed by atoms with Gasteiger partial charge in [0, 0.05) is 5.57 Å². The molecule has 1 rings (SSSR count). The van der Waals surface area contributed by atoms with Gasteiger partial charge in [0.15, 0.2) is 0 Å². The Morgan fingerprint density at radius 2 is 2.31 bits per heavy atom.